The second-order valence-corrected chi connectivity index (χ2v) is 16.1. The minimum absolute atomic E-state index is 0.182. The normalized spacial score (nSPS) is 16.4. The van der Waals surface area contributed by atoms with Crippen molar-refractivity contribution in [2.45, 2.75) is 83.5 Å². The van der Waals surface area contributed by atoms with E-state index >= 15 is 0 Å². The summed E-state index contributed by atoms with van der Waals surface area (Å²) in [6.07, 6.45) is 1.09. The maximum absolute atomic E-state index is 13.0. The third-order valence-corrected chi connectivity index (χ3v) is 13.5. The Morgan fingerprint density at radius 2 is 1.49 bits per heavy atom. The predicted octanol–water partition coefficient (Wildman–Crippen LogP) is 6.55. The van der Waals surface area contributed by atoms with Crippen molar-refractivity contribution < 1.29 is 18.8 Å². The van der Waals surface area contributed by atoms with E-state index < -0.39 is 14.4 Å². The Hall–Kier alpha value is -2.44. The highest BCUT2D eigenvalue weighted by Crippen LogP contribution is 2.42. The van der Waals surface area contributed by atoms with Crippen LogP contribution >= 0.6 is 0 Å². The van der Waals surface area contributed by atoms with E-state index in [4.69, 9.17) is 9.16 Å². The molecule has 1 saturated heterocycles. The van der Waals surface area contributed by atoms with Crippen LogP contribution in [0.2, 0.25) is 16.6 Å². The molecule has 1 atom stereocenters. The number of ether oxygens (including phenoxy) is 1. The second-order valence-electron chi connectivity index (χ2n) is 10.6. The summed E-state index contributed by atoms with van der Waals surface area (Å²) in [6, 6.07) is 17.7. The first-order valence-corrected chi connectivity index (χ1v) is 15.0. The molecule has 2 aromatic carbocycles. The van der Waals surface area contributed by atoms with Crippen molar-refractivity contribution in [3.8, 4) is 0 Å². The van der Waals surface area contributed by atoms with Crippen molar-refractivity contribution in [1.29, 1.82) is 0 Å². The highest BCUT2D eigenvalue weighted by molar-refractivity contribution is 6.77. The Labute approximate surface area is 212 Å². The molecule has 0 bridgehead atoms. The van der Waals surface area contributed by atoms with Crippen LogP contribution in [0.25, 0.3) is 0 Å². The molecule has 1 unspecified atom stereocenters. The molecule has 0 spiro atoms. The van der Waals surface area contributed by atoms with Gasteiger partial charge in [0.2, 0.25) is 5.91 Å². The molecular weight excluding hydrogens is 454 g/mol. The van der Waals surface area contributed by atoms with E-state index in [1.807, 2.05) is 42.5 Å². The standard InChI is InChI=1S/C29H41NO4Si/c1-21(2)35(22(3)4,23(5)6)34-17-16-24-12-14-26(15-13-24)19-28(31)30-27(20-33-29(30)32)18-25-10-8-7-9-11-25/h7-15,21-23,27H,16-20H2,1-6H3. The molecule has 2 amide bonds. The van der Waals surface area contributed by atoms with Crippen LogP contribution in [0.3, 0.4) is 0 Å². The number of carbonyl (C=O) groups is 2. The molecule has 0 N–H and O–H groups in total. The molecular formula is C29H41NO4Si. The van der Waals surface area contributed by atoms with E-state index in [9.17, 15) is 9.59 Å². The maximum Gasteiger partial charge on any atom is 0.416 e. The molecule has 0 radical (unpaired) electrons. The lowest BCUT2D eigenvalue weighted by Crippen LogP contribution is -2.48. The molecule has 1 aliphatic heterocycles. The Kier molecular flexibility index (Phi) is 9.31. The average molecular weight is 496 g/mol. The number of imide groups is 1. The van der Waals surface area contributed by atoms with Gasteiger partial charge in [0.15, 0.2) is 8.32 Å². The first-order valence-electron chi connectivity index (χ1n) is 12.9. The predicted molar refractivity (Wildman–Crippen MR) is 143 cm³/mol. The third-order valence-electron chi connectivity index (χ3n) is 7.37. The zero-order valence-corrected chi connectivity index (χ0v) is 23.1. The van der Waals surface area contributed by atoms with Gasteiger partial charge >= 0.3 is 6.09 Å². The van der Waals surface area contributed by atoms with Crippen LogP contribution in [0.5, 0.6) is 0 Å². The summed E-state index contributed by atoms with van der Waals surface area (Å²) in [5.41, 5.74) is 4.88. The molecule has 1 heterocycles. The van der Waals surface area contributed by atoms with E-state index in [1.54, 1.807) is 0 Å². The van der Waals surface area contributed by atoms with Crippen LogP contribution in [0, 0.1) is 0 Å². The molecule has 6 heteroatoms. The Morgan fingerprint density at radius 3 is 2.06 bits per heavy atom. The molecule has 0 aliphatic carbocycles. The van der Waals surface area contributed by atoms with Crippen molar-refractivity contribution >= 4 is 20.3 Å². The van der Waals surface area contributed by atoms with Crippen LogP contribution in [-0.2, 0) is 33.2 Å². The summed E-state index contributed by atoms with van der Waals surface area (Å²) in [7, 11) is -1.86. The van der Waals surface area contributed by atoms with Gasteiger partial charge in [0.1, 0.15) is 6.61 Å². The number of hydrogen-bond acceptors (Lipinski definition) is 4. The number of amides is 2. The van der Waals surface area contributed by atoms with Crippen LogP contribution in [0.1, 0.15) is 58.2 Å². The van der Waals surface area contributed by atoms with Crippen molar-refractivity contribution in [2.24, 2.45) is 0 Å². The summed E-state index contributed by atoms with van der Waals surface area (Å²) in [4.78, 5) is 26.6. The Balaban J connectivity index is 1.57. The lowest BCUT2D eigenvalue weighted by molar-refractivity contribution is -0.128. The molecule has 0 aromatic heterocycles. The van der Waals surface area contributed by atoms with E-state index in [0.717, 1.165) is 24.2 Å². The fraction of sp³-hybridized carbons (Fsp3) is 0.517. The summed E-state index contributed by atoms with van der Waals surface area (Å²) in [6.45, 7) is 14.8. The minimum atomic E-state index is -1.86. The van der Waals surface area contributed by atoms with Crippen LogP contribution in [0.4, 0.5) is 4.79 Å². The van der Waals surface area contributed by atoms with Crippen molar-refractivity contribution in [1.82, 2.24) is 4.90 Å². The van der Waals surface area contributed by atoms with Gasteiger partial charge in [0.25, 0.3) is 0 Å². The third kappa shape index (κ3) is 6.41. The van der Waals surface area contributed by atoms with Gasteiger partial charge in [-0.1, -0.05) is 96.1 Å². The topological polar surface area (TPSA) is 55.8 Å². The fourth-order valence-electron chi connectivity index (χ4n) is 5.73. The molecule has 190 valence electrons. The first-order chi connectivity index (χ1) is 16.6. The molecule has 5 nitrogen and oxygen atoms in total. The minimum Gasteiger partial charge on any atom is -0.447 e. The summed E-state index contributed by atoms with van der Waals surface area (Å²) in [5, 5.41) is 0. The van der Waals surface area contributed by atoms with Crippen molar-refractivity contribution in [3.63, 3.8) is 0 Å². The highest BCUT2D eigenvalue weighted by Gasteiger charge is 2.44. The summed E-state index contributed by atoms with van der Waals surface area (Å²) in [5.74, 6) is -0.217. The van der Waals surface area contributed by atoms with Gasteiger partial charge in [-0.3, -0.25) is 4.79 Å². The van der Waals surface area contributed by atoms with Gasteiger partial charge in [-0.2, -0.15) is 0 Å². The molecule has 35 heavy (non-hydrogen) atoms. The summed E-state index contributed by atoms with van der Waals surface area (Å²) < 4.78 is 11.9. The molecule has 1 aliphatic rings. The zero-order chi connectivity index (χ0) is 25.6. The fourth-order valence-corrected chi connectivity index (χ4v) is 11.2. The maximum atomic E-state index is 13.0. The molecule has 3 rings (SSSR count). The van der Waals surface area contributed by atoms with Gasteiger partial charge < -0.3 is 9.16 Å². The van der Waals surface area contributed by atoms with Gasteiger partial charge in [0.05, 0.1) is 12.5 Å². The van der Waals surface area contributed by atoms with Gasteiger partial charge in [-0.25, -0.2) is 9.69 Å². The van der Waals surface area contributed by atoms with Crippen molar-refractivity contribution in [3.05, 3.63) is 71.3 Å². The average Bonchev–Trinajstić information content (AvgIpc) is 3.17. The van der Waals surface area contributed by atoms with Crippen LogP contribution in [0.15, 0.2) is 54.6 Å². The Morgan fingerprint density at radius 1 is 0.914 bits per heavy atom. The lowest BCUT2D eigenvalue weighted by Gasteiger charge is -2.42. The zero-order valence-electron chi connectivity index (χ0n) is 22.1. The first kappa shape index (κ1) is 27.1. The number of cyclic esters (lactones) is 1. The number of rotatable bonds is 11. The second kappa shape index (κ2) is 12.0. The van der Waals surface area contributed by atoms with E-state index in [1.165, 1.54) is 10.5 Å². The van der Waals surface area contributed by atoms with Gasteiger partial charge in [0, 0.05) is 6.61 Å². The monoisotopic (exact) mass is 495 g/mol. The largest absolute Gasteiger partial charge is 0.447 e. The number of carbonyl (C=O) groups excluding carboxylic acids is 2. The van der Waals surface area contributed by atoms with E-state index in [0.29, 0.717) is 23.0 Å². The number of hydrogen-bond donors (Lipinski definition) is 0. The molecule has 2 aromatic rings. The van der Waals surface area contributed by atoms with E-state index in [2.05, 4.69) is 53.7 Å². The van der Waals surface area contributed by atoms with Crippen LogP contribution in [-0.4, -0.2) is 44.5 Å². The quantitative estimate of drug-likeness (QED) is 0.332. The van der Waals surface area contributed by atoms with E-state index in [-0.39, 0.29) is 25.0 Å². The Bertz CT molecular complexity index is 950. The number of benzene rings is 2. The lowest BCUT2D eigenvalue weighted by atomic mass is 10.0. The van der Waals surface area contributed by atoms with Gasteiger partial charge in [-0.05, 0) is 46.2 Å². The van der Waals surface area contributed by atoms with Gasteiger partial charge in [-0.15, -0.1) is 0 Å². The summed E-state index contributed by atoms with van der Waals surface area (Å²) >= 11 is 0. The highest BCUT2D eigenvalue weighted by atomic mass is 28.4. The molecule has 1 fully saturated rings. The smallest absolute Gasteiger partial charge is 0.416 e. The van der Waals surface area contributed by atoms with Crippen LogP contribution < -0.4 is 0 Å². The SMILES string of the molecule is CC(C)[Si](OCCc1ccc(CC(=O)N2C(=O)OCC2Cc2ccccc2)cc1)(C(C)C)C(C)C. The number of nitrogens with zero attached hydrogens (tertiary/aromatic N) is 1. The van der Waals surface area contributed by atoms with Crippen molar-refractivity contribution in [2.75, 3.05) is 13.2 Å². The molecule has 0 saturated carbocycles.